The molecule has 1 heterocycles. The van der Waals surface area contributed by atoms with Gasteiger partial charge in [0.05, 0.1) is 9.21 Å². The summed E-state index contributed by atoms with van der Waals surface area (Å²) in [4.78, 5) is 12.7. The Kier molecular flexibility index (Phi) is 4.31. The number of rotatable bonds is 3. The molecule has 104 valence electrons. The van der Waals surface area contributed by atoms with Crippen molar-refractivity contribution < 1.29 is 10.0 Å². The molecule has 1 fully saturated rings. The largest absolute Gasteiger partial charge is 0.409 e. The third kappa shape index (κ3) is 3.01. The molecule has 0 bridgehead atoms. The molecular formula is C12H16ClN3O2S. The minimum atomic E-state index is -0.736. The lowest BCUT2D eigenvalue weighted by Gasteiger charge is -2.36. The van der Waals surface area contributed by atoms with Crippen molar-refractivity contribution in [1.82, 2.24) is 5.32 Å². The summed E-state index contributed by atoms with van der Waals surface area (Å²) in [6.45, 7) is 0. The topological polar surface area (TPSA) is 87.7 Å². The predicted octanol–water partition coefficient (Wildman–Crippen LogP) is 2.58. The summed E-state index contributed by atoms with van der Waals surface area (Å²) in [7, 11) is 0. The second-order valence-corrected chi connectivity index (χ2v) is 6.40. The maximum atomic E-state index is 12.2. The maximum absolute atomic E-state index is 12.2. The number of thiophene rings is 1. The lowest BCUT2D eigenvalue weighted by Crippen LogP contribution is -2.58. The van der Waals surface area contributed by atoms with Gasteiger partial charge in [0.25, 0.3) is 5.91 Å². The highest BCUT2D eigenvalue weighted by Crippen LogP contribution is 2.30. The number of oxime groups is 1. The van der Waals surface area contributed by atoms with Crippen LogP contribution >= 0.6 is 22.9 Å². The Morgan fingerprint density at radius 1 is 1.42 bits per heavy atom. The Morgan fingerprint density at radius 2 is 2.11 bits per heavy atom. The molecule has 0 aromatic carbocycles. The summed E-state index contributed by atoms with van der Waals surface area (Å²) >= 11 is 7.03. The Hall–Kier alpha value is -1.27. The first-order valence-electron chi connectivity index (χ1n) is 6.13. The minimum Gasteiger partial charge on any atom is -0.409 e. The molecule has 2 rings (SSSR count). The fourth-order valence-corrected chi connectivity index (χ4v) is 3.35. The van der Waals surface area contributed by atoms with Gasteiger partial charge in [-0.1, -0.05) is 36.0 Å². The normalized spacial score (nSPS) is 19.1. The van der Waals surface area contributed by atoms with E-state index in [-0.39, 0.29) is 11.7 Å². The molecule has 0 aliphatic heterocycles. The first-order chi connectivity index (χ1) is 9.07. The van der Waals surface area contributed by atoms with Gasteiger partial charge >= 0.3 is 0 Å². The Labute approximate surface area is 120 Å². The Balaban J connectivity index is 2.19. The summed E-state index contributed by atoms with van der Waals surface area (Å²) in [5.74, 6) is -0.159. The minimum absolute atomic E-state index is 0.0724. The Bertz CT molecular complexity index is 495. The van der Waals surface area contributed by atoms with E-state index < -0.39 is 5.54 Å². The number of carbonyl (C=O) groups excluding carboxylic acids is 1. The molecule has 19 heavy (non-hydrogen) atoms. The van der Waals surface area contributed by atoms with Crippen LogP contribution in [0.5, 0.6) is 0 Å². The smallest absolute Gasteiger partial charge is 0.262 e. The molecule has 7 heteroatoms. The standard InChI is InChI=1S/C12H16ClN3O2S/c13-9-5-4-8(19-9)10(17)15-12(11(14)16-18)6-2-1-3-7-12/h4-5,18H,1-3,6-7H2,(H2,14,16)(H,15,17). The van der Waals surface area contributed by atoms with E-state index in [2.05, 4.69) is 10.5 Å². The van der Waals surface area contributed by atoms with Crippen LogP contribution in [0, 0.1) is 0 Å². The van der Waals surface area contributed by atoms with Crippen LogP contribution in [-0.4, -0.2) is 22.5 Å². The van der Waals surface area contributed by atoms with Crippen LogP contribution in [0.2, 0.25) is 4.34 Å². The van der Waals surface area contributed by atoms with Crippen LogP contribution in [-0.2, 0) is 0 Å². The van der Waals surface area contributed by atoms with Crippen molar-refractivity contribution in [3.8, 4) is 0 Å². The molecule has 4 N–H and O–H groups in total. The molecule has 1 saturated carbocycles. The van der Waals surface area contributed by atoms with Crippen LogP contribution in [0.4, 0.5) is 0 Å². The third-order valence-electron chi connectivity index (χ3n) is 3.45. The van der Waals surface area contributed by atoms with E-state index in [1.807, 2.05) is 0 Å². The number of halogens is 1. The van der Waals surface area contributed by atoms with Crippen molar-refractivity contribution in [2.75, 3.05) is 0 Å². The highest BCUT2D eigenvalue weighted by molar-refractivity contribution is 7.18. The molecule has 1 amide bonds. The second-order valence-electron chi connectivity index (χ2n) is 4.69. The quantitative estimate of drug-likeness (QED) is 0.347. The van der Waals surface area contributed by atoms with Gasteiger partial charge in [-0.05, 0) is 25.0 Å². The summed E-state index contributed by atoms with van der Waals surface area (Å²) in [5, 5.41) is 14.9. The number of amides is 1. The van der Waals surface area contributed by atoms with E-state index in [0.29, 0.717) is 22.1 Å². The van der Waals surface area contributed by atoms with E-state index in [1.165, 1.54) is 11.3 Å². The van der Waals surface area contributed by atoms with Gasteiger partial charge in [0, 0.05) is 0 Å². The molecule has 1 aliphatic carbocycles. The van der Waals surface area contributed by atoms with Gasteiger partial charge in [-0.3, -0.25) is 4.79 Å². The molecule has 1 aromatic rings. The first-order valence-corrected chi connectivity index (χ1v) is 7.33. The number of amidine groups is 1. The summed E-state index contributed by atoms with van der Waals surface area (Å²) in [6.07, 6.45) is 4.37. The van der Waals surface area contributed by atoms with Gasteiger partial charge in [0.1, 0.15) is 5.54 Å². The number of nitrogens with zero attached hydrogens (tertiary/aromatic N) is 1. The Morgan fingerprint density at radius 3 is 2.63 bits per heavy atom. The SMILES string of the molecule is NC(=NO)C1(NC(=O)c2ccc(Cl)s2)CCCCC1. The molecule has 0 saturated heterocycles. The summed E-state index contributed by atoms with van der Waals surface area (Å²) in [6, 6.07) is 3.35. The predicted molar refractivity (Wildman–Crippen MR) is 76.0 cm³/mol. The number of hydrogen-bond acceptors (Lipinski definition) is 4. The van der Waals surface area contributed by atoms with Crippen molar-refractivity contribution in [1.29, 1.82) is 0 Å². The van der Waals surface area contributed by atoms with E-state index in [1.54, 1.807) is 12.1 Å². The molecule has 1 aromatic heterocycles. The van der Waals surface area contributed by atoms with Gasteiger partial charge in [-0.2, -0.15) is 0 Å². The molecule has 0 spiro atoms. The van der Waals surface area contributed by atoms with Crippen molar-refractivity contribution in [3.05, 3.63) is 21.3 Å². The zero-order valence-corrected chi connectivity index (χ0v) is 11.9. The average molecular weight is 302 g/mol. The number of hydrogen-bond donors (Lipinski definition) is 3. The molecular weight excluding hydrogens is 286 g/mol. The molecule has 5 nitrogen and oxygen atoms in total. The van der Waals surface area contributed by atoms with Crippen molar-refractivity contribution in [3.63, 3.8) is 0 Å². The number of nitrogens with one attached hydrogen (secondary N) is 1. The maximum Gasteiger partial charge on any atom is 0.262 e. The van der Waals surface area contributed by atoms with E-state index in [4.69, 9.17) is 22.5 Å². The molecule has 0 atom stereocenters. The third-order valence-corrected chi connectivity index (χ3v) is 4.68. The van der Waals surface area contributed by atoms with Crippen molar-refractivity contribution in [2.24, 2.45) is 10.9 Å². The monoisotopic (exact) mass is 301 g/mol. The van der Waals surface area contributed by atoms with Crippen molar-refractivity contribution >= 4 is 34.7 Å². The van der Waals surface area contributed by atoms with E-state index in [0.717, 1.165) is 19.3 Å². The molecule has 1 aliphatic rings. The first kappa shape index (κ1) is 14.1. The van der Waals surface area contributed by atoms with E-state index in [9.17, 15) is 4.79 Å². The summed E-state index contributed by atoms with van der Waals surface area (Å²) < 4.78 is 0.562. The van der Waals surface area contributed by atoms with Crippen LogP contribution in [0.3, 0.4) is 0 Å². The van der Waals surface area contributed by atoms with Gasteiger partial charge in [0.15, 0.2) is 5.84 Å². The van der Waals surface area contributed by atoms with Crippen LogP contribution < -0.4 is 11.1 Å². The van der Waals surface area contributed by atoms with Crippen molar-refractivity contribution in [2.45, 2.75) is 37.6 Å². The molecule has 0 unspecified atom stereocenters. The van der Waals surface area contributed by atoms with Crippen LogP contribution in [0.15, 0.2) is 17.3 Å². The fraction of sp³-hybridized carbons (Fsp3) is 0.500. The second kappa shape index (κ2) is 5.79. The zero-order valence-electron chi connectivity index (χ0n) is 10.4. The van der Waals surface area contributed by atoms with Crippen LogP contribution in [0.1, 0.15) is 41.8 Å². The number of nitrogens with two attached hydrogens (primary N) is 1. The van der Waals surface area contributed by atoms with Gasteiger partial charge in [-0.15, -0.1) is 11.3 Å². The fourth-order valence-electron chi connectivity index (χ4n) is 2.41. The highest BCUT2D eigenvalue weighted by atomic mass is 35.5. The summed E-state index contributed by atoms with van der Waals surface area (Å²) in [5.41, 5.74) is 5.04. The molecule has 0 radical (unpaired) electrons. The number of carbonyl (C=O) groups is 1. The highest BCUT2D eigenvalue weighted by Gasteiger charge is 2.38. The van der Waals surface area contributed by atoms with Gasteiger partial charge < -0.3 is 16.3 Å². The zero-order chi connectivity index (χ0) is 13.9. The average Bonchev–Trinajstić information content (AvgIpc) is 2.85. The van der Waals surface area contributed by atoms with Gasteiger partial charge in [-0.25, -0.2) is 0 Å². The van der Waals surface area contributed by atoms with Gasteiger partial charge in [0.2, 0.25) is 0 Å². The lowest BCUT2D eigenvalue weighted by molar-refractivity contribution is 0.0910. The van der Waals surface area contributed by atoms with Crippen LogP contribution in [0.25, 0.3) is 0 Å². The lowest BCUT2D eigenvalue weighted by atomic mass is 9.80. The van der Waals surface area contributed by atoms with E-state index >= 15 is 0 Å².